The van der Waals surface area contributed by atoms with Gasteiger partial charge in [-0.1, -0.05) is 24.3 Å². The molecule has 0 saturated heterocycles. The molecule has 0 atom stereocenters. The third kappa shape index (κ3) is 14.6. The number of rotatable bonds is 20. The minimum atomic E-state index is -0.516. The molecule has 0 saturated carbocycles. The number of carbonyl (C=O) groups is 4. The Bertz CT molecular complexity index is 1890. The summed E-state index contributed by atoms with van der Waals surface area (Å²) in [6.07, 6.45) is 1.94. The van der Waals surface area contributed by atoms with Crippen molar-refractivity contribution in [2.24, 2.45) is 0 Å². The predicted octanol–water partition coefficient (Wildman–Crippen LogP) is 4.76. The molecule has 0 aromatic heterocycles. The lowest BCUT2D eigenvalue weighted by Gasteiger charge is -2.29. The fourth-order valence-corrected chi connectivity index (χ4v) is 6.08. The van der Waals surface area contributed by atoms with E-state index in [0.29, 0.717) is 76.9 Å². The van der Waals surface area contributed by atoms with Gasteiger partial charge in [-0.05, 0) is 66.1 Å². The number of benzene rings is 4. The third-order valence-electron chi connectivity index (χ3n) is 9.16. The monoisotopic (exact) mass is 782 g/mol. The number of amides is 4. The van der Waals surface area contributed by atoms with Gasteiger partial charge in [-0.2, -0.15) is 0 Å². The van der Waals surface area contributed by atoms with Crippen molar-refractivity contribution in [1.82, 2.24) is 10.6 Å². The Balaban J connectivity index is 1.12. The van der Waals surface area contributed by atoms with E-state index in [0.717, 1.165) is 11.1 Å². The maximum absolute atomic E-state index is 12.8. The number of nitrogens with zero attached hydrogens (tertiary/aromatic N) is 4. The van der Waals surface area contributed by atoms with E-state index in [2.05, 4.69) is 21.3 Å². The van der Waals surface area contributed by atoms with Crippen molar-refractivity contribution in [2.45, 2.75) is 19.3 Å². The van der Waals surface area contributed by atoms with E-state index >= 15 is 0 Å². The Morgan fingerprint density at radius 3 is 1.18 bits per heavy atom. The number of nitro benzene ring substituents is 2. The van der Waals surface area contributed by atoms with Crippen LogP contribution in [0.2, 0.25) is 0 Å². The van der Waals surface area contributed by atoms with Crippen molar-refractivity contribution >= 4 is 46.4 Å². The number of likely N-dealkylation sites (N-methyl/N-ethyl adjacent to an activating group) is 2. The first-order valence-corrected chi connectivity index (χ1v) is 18.5. The zero-order valence-corrected chi connectivity index (χ0v) is 32.7. The molecular weight excluding hydrogens is 732 g/mol. The van der Waals surface area contributed by atoms with Gasteiger partial charge in [-0.3, -0.25) is 39.4 Å². The summed E-state index contributed by atoms with van der Waals surface area (Å²) in [6, 6.07) is 26.1. The predicted molar refractivity (Wildman–Crippen MR) is 217 cm³/mol. The second kappa shape index (κ2) is 19.9. The average Bonchev–Trinajstić information content (AvgIpc) is 3.16. The molecule has 16 heteroatoms. The van der Waals surface area contributed by atoms with Gasteiger partial charge in [0, 0.05) is 72.7 Å². The van der Waals surface area contributed by atoms with Gasteiger partial charge < -0.3 is 30.2 Å². The lowest BCUT2D eigenvalue weighted by Crippen LogP contribution is -2.47. The van der Waals surface area contributed by atoms with Crippen molar-refractivity contribution in [3.63, 3.8) is 0 Å². The summed E-state index contributed by atoms with van der Waals surface area (Å²) in [5.41, 5.74) is 4.01. The zero-order chi connectivity index (χ0) is 41.6. The van der Waals surface area contributed by atoms with Crippen molar-refractivity contribution in [3.05, 3.63) is 140 Å². The Labute approximate surface area is 331 Å². The van der Waals surface area contributed by atoms with E-state index in [1.54, 1.807) is 0 Å². The molecule has 0 heterocycles. The smallest absolute Gasteiger partial charge is 0.279 e. The first-order valence-electron chi connectivity index (χ1n) is 18.5. The van der Waals surface area contributed by atoms with Crippen LogP contribution in [0.1, 0.15) is 44.7 Å². The third-order valence-corrected chi connectivity index (χ3v) is 9.16. The number of hydrogen-bond acceptors (Lipinski definition) is 8. The number of hydrogen-bond donors (Lipinski definition) is 4. The number of carbonyl (C=O) groups excluding carboxylic acids is 4. The molecule has 0 spiro atoms. The maximum Gasteiger partial charge on any atom is 0.279 e. The fraction of sp³-hybridized carbons (Fsp3) is 0.317. The minimum Gasteiger partial charge on any atom is -0.352 e. The minimum absolute atomic E-state index is 0.0783. The van der Waals surface area contributed by atoms with Crippen molar-refractivity contribution in [2.75, 3.05) is 78.1 Å². The highest BCUT2D eigenvalue weighted by Gasteiger charge is 2.22. The average molecular weight is 783 g/mol. The quantitative estimate of drug-likeness (QED) is 0.0425. The van der Waals surface area contributed by atoms with Crippen molar-refractivity contribution in [3.8, 4) is 0 Å². The van der Waals surface area contributed by atoms with Crippen LogP contribution in [-0.2, 0) is 16.0 Å². The molecule has 300 valence electrons. The topological polar surface area (TPSA) is 203 Å². The van der Waals surface area contributed by atoms with Crippen molar-refractivity contribution < 1.29 is 38.0 Å². The van der Waals surface area contributed by atoms with Gasteiger partial charge >= 0.3 is 0 Å². The molecule has 0 aliphatic heterocycles. The molecule has 4 amide bonds. The summed E-state index contributed by atoms with van der Waals surface area (Å²) in [5.74, 6) is -0.887. The maximum atomic E-state index is 12.8. The summed E-state index contributed by atoms with van der Waals surface area (Å²) in [7, 11) is 7.77. The van der Waals surface area contributed by atoms with Crippen LogP contribution in [-0.4, -0.2) is 110 Å². The normalized spacial score (nSPS) is 11.3. The van der Waals surface area contributed by atoms with Gasteiger partial charge in [0.25, 0.3) is 35.0 Å². The van der Waals surface area contributed by atoms with Crippen LogP contribution in [0.15, 0.2) is 97.1 Å². The van der Waals surface area contributed by atoms with Gasteiger partial charge in [0.05, 0.1) is 51.1 Å². The molecule has 0 radical (unpaired) electrons. The van der Waals surface area contributed by atoms with Gasteiger partial charge in [0.1, 0.15) is 0 Å². The Hall–Kier alpha value is -6.52. The van der Waals surface area contributed by atoms with Gasteiger partial charge in [0.15, 0.2) is 13.1 Å². The summed E-state index contributed by atoms with van der Waals surface area (Å²) in [5, 5.41) is 33.2. The van der Waals surface area contributed by atoms with Crippen LogP contribution in [0.25, 0.3) is 0 Å². The van der Waals surface area contributed by atoms with E-state index < -0.39 is 9.85 Å². The molecule has 4 aromatic rings. The highest BCUT2D eigenvalue weighted by Crippen LogP contribution is 2.17. The summed E-state index contributed by atoms with van der Waals surface area (Å²) >= 11 is 0. The molecule has 0 unspecified atom stereocenters. The molecule has 57 heavy (non-hydrogen) atoms. The van der Waals surface area contributed by atoms with E-state index in [1.165, 1.54) is 48.5 Å². The summed E-state index contributed by atoms with van der Waals surface area (Å²) in [6.45, 7) is 2.57. The van der Waals surface area contributed by atoms with Crippen LogP contribution >= 0.6 is 0 Å². The molecular formula is C41H50N8O8+2. The second-order valence-corrected chi connectivity index (χ2v) is 15.1. The molecule has 0 fully saturated rings. The van der Waals surface area contributed by atoms with Gasteiger partial charge in [-0.15, -0.1) is 0 Å². The second-order valence-electron chi connectivity index (χ2n) is 15.1. The van der Waals surface area contributed by atoms with Crippen molar-refractivity contribution in [1.29, 1.82) is 0 Å². The zero-order valence-electron chi connectivity index (χ0n) is 32.7. The summed E-state index contributed by atoms with van der Waals surface area (Å²) in [4.78, 5) is 71.0. The van der Waals surface area contributed by atoms with Crippen LogP contribution in [0.4, 0.5) is 22.7 Å². The first kappa shape index (κ1) is 43.2. The largest absolute Gasteiger partial charge is 0.352 e. The number of nitro groups is 2. The van der Waals surface area contributed by atoms with Gasteiger partial charge in [0.2, 0.25) is 0 Å². The lowest BCUT2D eigenvalue weighted by atomic mass is 10.0. The van der Waals surface area contributed by atoms with E-state index in [9.17, 15) is 39.4 Å². The first-order chi connectivity index (χ1) is 27.0. The highest BCUT2D eigenvalue weighted by molar-refractivity contribution is 5.95. The van der Waals surface area contributed by atoms with E-state index in [4.69, 9.17) is 0 Å². The van der Waals surface area contributed by atoms with E-state index in [-0.39, 0.29) is 48.1 Å². The Morgan fingerprint density at radius 1 is 0.526 bits per heavy atom. The Kier molecular flexibility index (Phi) is 15.1. The number of non-ortho nitro benzene ring substituents is 2. The molecule has 0 aliphatic rings. The van der Waals surface area contributed by atoms with Crippen LogP contribution < -0.4 is 21.3 Å². The number of quaternary nitrogens is 2. The standard InChI is InChI=1S/C41H48N8O8/c1-48(2,25-5-23-42-40(52)32-11-19-36(20-12-32)46(54)55)28-38(50)44-34-15-7-30(8-16-34)27-31-9-17-35(18-10-31)45-39(51)29-49(3,4)26-6-24-43-41(53)33-13-21-37(22-14-33)47(56)57/h7-22H,5-6,23-29H2,1-4H3,(H2-2,42,43,44,45,50,51,52,53)/p+2. The molecule has 4 rings (SSSR count). The van der Waals surface area contributed by atoms with Crippen LogP contribution in [0, 0.1) is 20.2 Å². The Morgan fingerprint density at radius 2 is 0.860 bits per heavy atom. The molecule has 0 bridgehead atoms. The number of anilines is 2. The SMILES string of the molecule is C[N+](C)(CCCNC(=O)c1ccc([N+](=O)[O-])cc1)CC(=O)Nc1ccc(Cc2ccc(NC(=O)C[N+](C)(C)CCCNC(=O)c3ccc([N+](=O)[O-])cc3)cc2)cc1. The van der Waals surface area contributed by atoms with Gasteiger partial charge in [-0.25, -0.2) is 0 Å². The number of nitrogens with one attached hydrogen (secondary N) is 4. The van der Waals surface area contributed by atoms with Crippen LogP contribution in [0.3, 0.4) is 0 Å². The van der Waals surface area contributed by atoms with Crippen LogP contribution in [0.5, 0.6) is 0 Å². The molecule has 4 N–H and O–H groups in total. The van der Waals surface area contributed by atoms with E-state index in [1.807, 2.05) is 76.7 Å². The molecule has 0 aliphatic carbocycles. The fourth-order valence-electron chi connectivity index (χ4n) is 6.08. The molecule has 4 aromatic carbocycles. The summed E-state index contributed by atoms with van der Waals surface area (Å²) < 4.78 is 0.835. The molecule has 16 nitrogen and oxygen atoms in total. The highest BCUT2D eigenvalue weighted by atomic mass is 16.6. The lowest BCUT2D eigenvalue weighted by molar-refractivity contribution is -0.882.